The fraction of sp³-hybridized carbons (Fsp3) is 0.238. The van der Waals surface area contributed by atoms with Crippen molar-refractivity contribution in [3.8, 4) is 0 Å². The third-order valence-corrected chi connectivity index (χ3v) is 5.08. The number of aliphatic imine (C=N–C) groups is 1. The minimum atomic E-state index is 0.0900. The summed E-state index contributed by atoms with van der Waals surface area (Å²) < 4.78 is 6.17. The molecule has 5 nitrogen and oxygen atoms in total. The van der Waals surface area contributed by atoms with Crippen LogP contribution in [0.5, 0.6) is 0 Å². The van der Waals surface area contributed by atoms with Crippen molar-refractivity contribution in [2.24, 2.45) is 4.99 Å². The summed E-state index contributed by atoms with van der Waals surface area (Å²) in [6.45, 7) is 10.1. The summed E-state index contributed by atoms with van der Waals surface area (Å²) in [6.07, 6.45) is 5.93. The van der Waals surface area contributed by atoms with E-state index < -0.39 is 0 Å². The number of benzene rings is 1. The molecular weight excluding hydrogens is 324 g/mol. The largest absolute Gasteiger partial charge is 0.435 e. The van der Waals surface area contributed by atoms with Crippen LogP contribution in [0.2, 0.25) is 0 Å². The first-order chi connectivity index (χ1) is 12.6. The maximum atomic E-state index is 6.17. The number of likely N-dealkylation sites (N-methyl/N-ethyl adjacent to an activating group) is 1. The molecule has 132 valence electrons. The molecule has 1 aliphatic rings. The van der Waals surface area contributed by atoms with Gasteiger partial charge in [0.25, 0.3) is 0 Å². The van der Waals surface area contributed by atoms with Crippen LogP contribution in [0, 0.1) is 6.92 Å². The van der Waals surface area contributed by atoms with Gasteiger partial charge in [-0.15, -0.1) is 0 Å². The summed E-state index contributed by atoms with van der Waals surface area (Å²) >= 11 is 0. The van der Waals surface area contributed by atoms with E-state index in [1.807, 2.05) is 25.1 Å². The third kappa shape index (κ3) is 2.17. The Hall–Kier alpha value is -3.08. The number of hydrogen-bond acceptors (Lipinski definition) is 5. The van der Waals surface area contributed by atoms with Crippen LogP contribution in [0.15, 0.2) is 63.5 Å². The summed E-state index contributed by atoms with van der Waals surface area (Å²) in [5.74, 6) is 0.835. The average molecular weight is 346 g/mol. The highest BCUT2D eigenvalue weighted by molar-refractivity contribution is 6.08. The molecule has 1 atom stereocenters. The number of rotatable bonds is 3. The molecule has 0 amide bonds. The molecule has 0 saturated carbocycles. The topological polar surface area (TPSA) is 44.9 Å². The number of anilines is 1. The minimum absolute atomic E-state index is 0.0900. The zero-order valence-corrected chi connectivity index (χ0v) is 15.5. The standard InChI is InChI=1S/C21H22N4O/c1-6-8-17-20(22-4)25(14(3)24(17)5)18-13(2)10-11-15-16-9-7-12-23-21(16)26-19(15)18/h6-12,14H,4H2,1-3,5H3/b8-6-/t14-/m0/s1. The van der Waals surface area contributed by atoms with Crippen LogP contribution in [0.25, 0.3) is 22.1 Å². The Balaban J connectivity index is 2.04. The average Bonchev–Trinajstić information content (AvgIpc) is 3.12. The van der Waals surface area contributed by atoms with Crippen molar-refractivity contribution in [1.29, 1.82) is 0 Å². The summed E-state index contributed by atoms with van der Waals surface area (Å²) in [4.78, 5) is 13.1. The van der Waals surface area contributed by atoms with Gasteiger partial charge in [-0.2, -0.15) is 0 Å². The fourth-order valence-electron chi connectivity index (χ4n) is 3.69. The van der Waals surface area contributed by atoms with E-state index >= 15 is 0 Å². The van der Waals surface area contributed by atoms with E-state index in [0.29, 0.717) is 5.71 Å². The highest BCUT2D eigenvalue weighted by atomic mass is 16.3. The molecule has 0 unspecified atom stereocenters. The van der Waals surface area contributed by atoms with E-state index in [9.17, 15) is 0 Å². The summed E-state index contributed by atoms with van der Waals surface area (Å²) in [5.41, 5.74) is 4.67. The lowest BCUT2D eigenvalue weighted by molar-refractivity contribution is 0.365. The van der Waals surface area contributed by atoms with Crippen LogP contribution in [0.3, 0.4) is 0 Å². The van der Waals surface area contributed by atoms with E-state index in [1.165, 1.54) is 0 Å². The second-order valence-corrected chi connectivity index (χ2v) is 6.55. The molecule has 3 aromatic rings. The van der Waals surface area contributed by atoms with Crippen LogP contribution in [-0.4, -0.2) is 29.8 Å². The SMILES string of the molecule is C=NC1=C(/C=C\C)N(C)[C@H](C)N1c1c(C)ccc2c1oc1ncccc12. The van der Waals surface area contributed by atoms with Crippen LogP contribution >= 0.6 is 0 Å². The number of nitrogens with zero attached hydrogens (tertiary/aromatic N) is 4. The van der Waals surface area contributed by atoms with Gasteiger partial charge >= 0.3 is 0 Å². The lowest BCUT2D eigenvalue weighted by atomic mass is 10.1. The Morgan fingerprint density at radius 2 is 2.08 bits per heavy atom. The Morgan fingerprint density at radius 1 is 1.27 bits per heavy atom. The van der Waals surface area contributed by atoms with Gasteiger partial charge in [-0.1, -0.05) is 18.2 Å². The molecule has 5 heteroatoms. The minimum Gasteiger partial charge on any atom is -0.435 e. The highest BCUT2D eigenvalue weighted by Crippen LogP contribution is 2.42. The number of fused-ring (bicyclic) bond motifs is 3. The first-order valence-corrected chi connectivity index (χ1v) is 8.71. The number of aryl methyl sites for hydroxylation is 1. The van der Waals surface area contributed by atoms with E-state index in [1.54, 1.807) is 6.20 Å². The van der Waals surface area contributed by atoms with Crippen molar-refractivity contribution >= 4 is 34.5 Å². The van der Waals surface area contributed by atoms with Gasteiger partial charge in [-0.3, -0.25) is 0 Å². The van der Waals surface area contributed by atoms with Crippen molar-refractivity contribution in [2.75, 3.05) is 11.9 Å². The molecule has 4 rings (SSSR count). The fourth-order valence-corrected chi connectivity index (χ4v) is 3.69. The number of hydrogen-bond donors (Lipinski definition) is 0. The highest BCUT2D eigenvalue weighted by Gasteiger charge is 2.35. The van der Waals surface area contributed by atoms with Crippen molar-refractivity contribution in [3.05, 3.63) is 59.7 Å². The quantitative estimate of drug-likeness (QED) is 0.637. The summed E-state index contributed by atoms with van der Waals surface area (Å²) in [5, 5.41) is 2.08. The van der Waals surface area contributed by atoms with E-state index in [2.05, 4.69) is 65.6 Å². The van der Waals surface area contributed by atoms with Gasteiger partial charge in [0.1, 0.15) is 6.17 Å². The van der Waals surface area contributed by atoms with Gasteiger partial charge in [-0.05, 0) is 51.3 Å². The van der Waals surface area contributed by atoms with Crippen LogP contribution in [0.4, 0.5) is 5.69 Å². The Bertz CT molecular complexity index is 1080. The monoisotopic (exact) mass is 346 g/mol. The van der Waals surface area contributed by atoms with Crippen LogP contribution < -0.4 is 4.90 Å². The van der Waals surface area contributed by atoms with E-state index in [0.717, 1.165) is 39.1 Å². The molecule has 0 spiro atoms. The molecule has 0 bridgehead atoms. The normalized spacial score (nSPS) is 18.1. The van der Waals surface area contributed by atoms with E-state index in [-0.39, 0.29) is 6.17 Å². The summed E-state index contributed by atoms with van der Waals surface area (Å²) in [6, 6.07) is 8.20. The maximum absolute atomic E-state index is 6.17. The molecule has 0 N–H and O–H groups in total. The molecule has 3 heterocycles. The van der Waals surface area contributed by atoms with E-state index in [4.69, 9.17) is 4.42 Å². The Labute approximate surface area is 152 Å². The Morgan fingerprint density at radius 3 is 2.81 bits per heavy atom. The predicted molar refractivity (Wildman–Crippen MR) is 107 cm³/mol. The molecule has 1 aliphatic heterocycles. The third-order valence-electron chi connectivity index (χ3n) is 5.08. The molecule has 0 aliphatic carbocycles. The lowest BCUT2D eigenvalue weighted by Crippen LogP contribution is -2.36. The smallest absolute Gasteiger partial charge is 0.227 e. The summed E-state index contributed by atoms with van der Waals surface area (Å²) in [7, 11) is 2.07. The van der Waals surface area contributed by atoms with Gasteiger partial charge in [0.2, 0.25) is 5.71 Å². The number of allylic oxidation sites excluding steroid dienone is 2. The number of aromatic nitrogens is 1. The second-order valence-electron chi connectivity index (χ2n) is 6.55. The molecule has 0 fully saturated rings. The van der Waals surface area contributed by atoms with Crippen molar-refractivity contribution in [3.63, 3.8) is 0 Å². The van der Waals surface area contributed by atoms with Crippen LogP contribution in [0.1, 0.15) is 19.4 Å². The van der Waals surface area contributed by atoms with Crippen LogP contribution in [-0.2, 0) is 0 Å². The number of furan rings is 1. The first kappa shape index (κ1) is 16.4. The first-order valence-electron chi connectivity index (χ1n) is 8.71. The predicted octanol–water partition coefficient (Wildman–Crippen LogP) is 4.83. The van der Waals surface area contributed by atoms with Crippen molar-refractivity contribution in [1.82, 2.24) is 9.88 Å². The Kier molecular flexibility index (Phi) is 3.80. The van der Waals surface area contributed by atoms with Crippen molar-refractivity contribution < 1.29 is 4.42 Å². The van der Waals surface area contributed by atoms with Crippen molar-refractivity contribution in [2.45, 2.75) is 26.9 Å². The van der Waals surface area contributed by atoms with Gasteiger partial charge < -0.3 is 14.2 Å². The zero-order valence-electron chi connectivity index (χ0n) is 15.5. The molecular formula is C21H22N4O. The molecule has 26 heavy (non-hydrogen) atoms. The molecule has 0 radical (unpaired) electrons. The molecule has 2 aromatic heterocycles. The van der Waals surface area contributed by atoms with Gasteiger partial charge in [0.15, 0.2) is 11.4 Å². The van der Waals surface area contributed by atoms with Gasteiger partial charge in [0.05, 0.1) is 11.4 Å². The zero-order chi connectivity index (χ0) is 18.4. The number of pyridine rings is 1. The van der Waals surface area contributed by atoms with Gasteiger partial charge in [0, 0.05) is 24.0 Å². The second kappa shape index (κ2) is 6.02. The molecule has 1 aromatic carbocycles. The lowest BCUT2D eigenvalue weighted by Gasteiger charge is -2.29. The molecule has 0 saturated heterocycles. The maximum Gasteiger partial charge on any atom is 0.227 e. The van der Waals surface area contributed by atoms with Gasteiger partial charge in [-0.25, -0.2) is 9.98 Å².